The maximum atomic E-state index is 14.9. The molecule has 0 atom stereocenters. The lowest BCUT2D eigenvalue weighted by molar-refractivity contribution is -0.191. The van der Waals surface area contributed by atoms with Crippen LogP contribution in [-0.4, -0.2) is 51.8 Å². The van der Waals surface area contributed by atoms with Crippen molar-refractivity contribution >= 4 is 23.6 Å². The van der Waals surface area contributed by atoms with Crippen molar-refractivity contribution < 1.29 is 32.3 Å². The normalized spacial score (nSPS) is 16.5. The molecule has 2 saturated heterocycles. The molecule has 8 nitrogen and oxygen atoms in total. The molecular weight excluding hydrogens is 525 g/mol. The van der Waals surface area contributed by atoms with E-state index in [1.54, 1.807) is 15.5 Å². The number of para-hydroxylation sites is 1. The molecule has 1 spiro atoms. The van der Waals surface area contributed by atoms with Crippen LogP contribution in [0.4, 0.5) is 23.7 Å². The van der Waals surface area contributed by atoms with E-state index in [0.717, 1.165) is 17.3 Å². The number of hydrogen-bond donors (Lipinski definition) is 0. The SMILES string of the molecule is Cc1cccn2c(-c3cc(F)c(F)cc3F)c(CN3CCC4(CC3)CN(c3ccccc3)C(=O)O4)nc12.O=C=O. The lowest BCUT2D eigenvalue weighted by Crippen LogP contribution is -2.46. The minimum absolute atomic E-state index is 0.0382. The predicted molar refractivity (Wildman–Crippen MR) is 138 cm³/mol. The van der Waals surface area contributed by atoms with Crippen molar-refractivity contribution in [1.29, 1.82) is 0 Å². The van der Waals surface area contributed by atoms with E-state index >= 15 is 0 Å². The summed E-state index contributed by atoms with van der Waals surface area (Å²) in [6.07, 6.45) is 2.94. The first-order chi connectivity index (χ1) is 19.2. The monoisotopic (exact) mass is 550 g/mol. The van der Waals surface area contributed by atoms with Crippen LogP contribution in [-0.2, 0) is 20.9 Å². The smallest absolute Gasteiger partial charge is 0.415 e. The number of aryl methyl sites for hydroxylation is 1. The Kier molecular flexibility index (Phi) is 7.42. The Morgan fingerprint density at radius 1 is 0.975 bits per heavy atom. The predicted octanol–water partition coefficient (Wildman–Crippen LogP) is 5.13. The van der Waals surface area contributed by atoms with Gasteiger partial charge in [-0.1, -0.05) is 24.3 Å². The number of hydrogen-bond acceptors (Lipinski definition) is 6. The lowest BCUT2D eigenvalue weighted by atomic mass is 9.91. The van der Waals surface area contributed by atoms with Crippen molar-refractivity contribution in [2.24, 2.45) is 0 Å². The highest BCUT2D eigenvalue weighted by Gasteiger charge is 2.47. The Bertz CT molecular complexity index is 1590. The van der Waals surface area contributed by atoms with E-state index in [9.17, 15) is 18.0 Å². The molecule has 4 heterocycles. The first-order valence-corrected chi connectivity index (χ1v) is 12.6. The fourth-order valence-corrected chi connectivity index (χ4v) is 5.37. The Morgan fingerprint density at radius 3 is 2.35 bits per heavy atom. The fraction of sp³-hybridized carbons (Fsp3) is 0.276. The number of piperidine rings is 1. The van der Waals surface area contributed by atoms with E-state index in [-0.39, 0.29) is 17.8 Å². The van der Waals surface area contributed by atoms with Gasteiger partial charge in [-0.05, 0) is 36.8 Å². The van der Waals surface area contributed by atoms with Crippen LogP contribution in [0, 0.1) is 24.4 Å². The number of carbonyl (C=O) groups excluding carboxylic acids is 3. The first kappa shape index (κ1) is 27.1. The lowest BCUT2D eigenvalue weighted by Gasteiger charge is -2.37. The highest BCUT2D eigenvalue weighted by molar-refractivity contribution is 5.90. The summed E-state index contributed by atoms with van der Waals surface area (Å²) in [5.41, 5.74) is 2.70. The third-order valence-electron chi connectivity index (χ3n) is 7.36. The maximum Gasteiger partial charge on any atom is 0.415 e. The summed E-state index contributed by atoms with van der Waals surface area (Å²) < 4.78 is 50.3. The molecule has 6 rings (SSSR count). The zero-order chi connectivity index (χ0) is 28.4. The number of anilines is 1. The van der Waals surface area contributed by atoms with Gasteiger partial charge in [-0.15, -0.1) is 0 Å². The quantitative estimate of drug-likeness (QED) is 0.328. The van der Waals surface area contributed by atoms with Gasteiger partial charge in [0, 0.05) is 56.0 Å². The van der Waals surface area contributed by atoms with Gasteiger partial charge in [0.25, 0.3) is 0 Å². The molecule has 11 heteroatoms. The van der Waals surface area contributed by atoms with E-state index in [2.05, 4.69) is 4.90 Å². The summed E-state index contributed by atoms with van der Waals surface area (Å²) in [4.78, 5) is 37.5. The number of carbonyl (C=O) groups is 1. The van der Waals surface area contributed by atoms with Gasteiger partial charge in [0.05, 0.1) is 17.9 Å². The van der Waals surface area contributed by atoms with Crippen molar-refractivity contribution in [1.82, 2.24) is 14.3 Å². The first-order valence-electron chi connectivity index (χ1n) is 12.6. The second-order valence-electron chi connectivity index (χ2n) is 9.87. The molecule has 0 radical (unpaired) electrons. The number of amides is 1. The molecule has 1 amide bonds. The second-order valence-corrected chi connectivity index (χ2v) is 9.87. The van der Waals surface area contributed by atoms with Crippen molar-refractivity contribution in [2.45, 2.75) is 31.9 Å². The topological polar surface area (TPSA) is 84.2 Å². The molecule has 4 aromatic rings. The van der Waals surface area contributed by atoms with Crippen LogP contribution in [0.3, 0.4) is 0 Å². The summed E-state index contributed by atoms with van der Waals surface area (Å²) in [6, 6.07) is 14.6. The molecule has 40 heavy (non-hydrogen) atoms. The number of nitrogens with zero attached hydrogens (tertiary/aromatic N) is 4. The highest BCUT2D eigenvalue weighted by atomic mass is 19.2. The van der Waals surface area contributed by atoms with Gasteiger partial charge in [-0.2, -0.15) is 9.59 Å². The summed E-state index contributed by atoms with van der Waals surface area (Å²) in [7, 11) is 0. The zero-order valence-electron chi connectivity index (χ0n) is 21.6. The largest absolute Gasteiger partial charge is 0.441 e. The fourth-order valence-electron chi connectivity index (χ4n) is 5.37. The van der Waals surface area contributed by atoms with Gasteiger partial charge >= 0.3 is 12.2 Å². The molecule has 2 aromatic heterocycles. The van der Waals surface area contributed by atoms with Crippen LogP contribution in [0.25, 0.3) is 16.9 Å². The standard InChI is InChI=1S/C28H25F3N4O2.CO2/c1-18-6-5-11-34-25(20-14-22(30)23(31)15-21(20)29)24(32-26(18)34)16-33-12-9-28(10-13-33)17-35(27(36)37-28)19-7-3-2-4-8-19;2-1-3/h2-8,11,14-15H,9-10,12-13,16-17H2,1H3;. The van der Waals surface area contributed by atoms with Gasteiger partial charge in [0.1, 0.15) is 17.1 Å². The minimum Gasteiger partial charge on any atom is -0.441 e. The average Bonchev–Trinajstić information content (AvgIpc) is 3.46. The molecular formula is C29H25F3N4O4. The highest BCUT2D eigenvalue weighted by Crippen LogP contribution is 2.37. The molecule has 2 aromatic carbocycles. The van der Waals surface area contributed by atoms with Crippen LogP contribution < -0.4 is 4.90 Å². The van der Waals surface area contributed by atoms with Crippen molar-refractivity contribution in [3.05, 3.63) is 89.5 Å². The molecule has 0 N–H and O–H groups in total. The van der Waals surface area contributed by atoms with Crippen molar-refractivity contribution in [3.63, 3.8) is 0 Å². The molecule has 2 aliphatic rings. The molecule has 0 saturated carbocycles. The number of fused-ring (bicyclic) bond motifs is 1. The summed E-state index contributed by atoms with van der Waals surface area (Å²) in [5.74, 6) is -3.19. The van der Waals surface area contributed by atoms with Crippen molar-refractivity contribution in [3.8, 4) is 11.3 Å². The molecule has 206 valence electrons. The molecule has 0 unspecified atom stereocenters. The number of halogens is 3. The molecule has 0 aliphatic carbocycles. The maximum absolute atomic E-state index is 14.9. The van der Waals surface area contributed by atoms with Gasteiger partial charge in [0.15, 0.2) is 11.6 Å². The van der Waals surface area contributed by atoms with E-state index < -0.39 is 23.1 Å². The Hall–Kier alpha value is -4.47. The average molecular weight is 551 g/mol. The summed E-state index contributed by atoms with van der Waals surface area (Å²) in [6.45, 7) is 4.06. The zero-order valence-corrected chi connectivity index (χ0v) is 21.6. The number of aromatic nitrogens is 2. The second kappa shape index (κ2) is 11.0. The van der Waals surface area contributed by atoms with E-state index in [1.807, 2.05) is 49.4 Å². The van der Waals surface area contributed by atoms with Crippen LogP contribution >= 0.6 is 0 Å². The van der Waals surface area contributed by atoms with Crippen LogP contribution in [0.2, 0.25) is 0 Å². The number of ether oxygens (including phenoxy) is 1. The Balaban J connectivity index is 0.00000103. The van der Waals surface area contributed by atoms with E-state index in [4.69, 9.17) is 19.3 Å². The summed E-state index contributed by atoms with van der Waals surface area (Å²) in [5, 5.41) is 0. The van der Waals surface area contributed by atoms with Gasteiger partial charge in [0.2, 0.25) is 0 Å². The van der Waals surface area contributed by atoms with E-state index in [1.165, 1.54) is 0 Å². The van der Waals surface area contributed by atoms with E-state index in [0.29, 0.717) is 62.1 Å². The third-order valence-corrected chi connectivity index (χ3v) is 7.36. The van der Waals surface area contributed by atoms with Crippen LogP contribution in [0.5, 0.6) is 0 Å². The number of likely N-dealkylation sites (tertiary alicyclic amines) is 1. The number of imidazole rings is 1. The minimum atomic E-state index is -1.23. The molecule has 2 fully saturated rings. The molecule has 0 bridgehead atoms. The number of benzene rings is 2. The van der Waals surface area contributed by atoms with Gasteiger partial charge in [-0.3, -0.25) is 14.2 Å². The van der Waals surface area contributed by atoms with Gasteiger partial charge < -0.3 is 4.74 Å². The van der Waals surface area contributed by atoms with Crippen molar-refractivity contribution in [2.75, 3.05) is 24.5 Å². The third kappa shape index (κ3) is 5.09. The Morgan fingerprint density at radius 2 is 1.65 bits per heavy atom. The van der Waals surface area contributed by atoms with Crippen LogP contribution in [0.1, 0.15) is 24.1 Å². The number of pyridine rings is 1. The molecule has 2 aliphatic heterocycles. The number of rotatable bonds is 4. The van der Waals surface area contributed by atoms with Crippen LogP contribution in [0.15, 0.2) is 60.8 Å². The van der Waals surface area contributed by atoms with Gasteiger partial charge in [-0.25, -0.2) is 22.9 Å². The summed E-state index contributed by atoms with van der Waals surface area (Å²) >= 11 is 0. The Labute approximate surface area is 227 Å².